The Morgan fingerprint density at radius 3 is 3.09 bits per heavy atom. The van der Waals surface area contributed by atoms with E-state index in [0.717, 1.165) is 31.4 Å². The summed E-state index contributed by atoms with van der Waals surface area (Å²) in [7, 11) is 0. The molecule has 0 spiro atoms. The van der Waals surface area contributed by atoms with E-state index in [1.165, 1.54) is 6.07 Å². The molecule has 1 heterocycles. The van der Waals surface area contributed by atoms with Crippen LogP contribution in [0.5, 0.6) is 0 Å². The van der Waals surface area contributed by atoms with Crippen molar-refractivity contribution in [2.24, 2.45) is 5.92 Å². The number of halogens is 1. The molecular formula is C18H27FN2O2. The summed E-state index contributed by atoms with van der Waals surface area (Å²) in [5.41, 5.74) is 0.935. The lowest BCUT2D eigenvalue weighted by Gasteiger charge is -2.32. The Kier molecular flexibility index (Phi) is 6.99. The van der Waals surface area contributed by atoms with Crippen LogP contribution in [0.2, 0.25) is 0 Å². The highest BCUT2D eigenvalue weighted by Gasteiger charge is 2.26. The van der Waals surface area contributed by atoms with Crippen LogP contribution in [0.15, 0.2) is 24.3 Å². The van der Waals surface area contributed by atoms with E-state index < -0.39 is 6.10 Å². The lowest BCUT2D eigenvalue weighted by atomic mass is 9.96. The fourth-order valence-electron chi connectivity index (χ4n) is 3.10. The van der Waals surface area contributed by atoms with Crippen LogP contribution >= 0.6 is 0 Å². The van der Waals surface area contributed by atoms with E-state index in [1.54, 1.807) is 12.1 Å². The first kappa shape index (κ1) is 17.9. The van der Waals surface area contributed by atoms with Gasteiger partial charge >= 0.3 is 0 Å². The molecule has 1 saturated heterocycles. The average molecular weight is 322 g/mol. The predicted octanol–water partition coefficient (Wildman–Crippen LogP) is 2.31. The highest BCUT2D eigenvalue weighted by atomic mass is 19.1. The summed E-state index contributed by atoms with van der Waals surface area (Å²) in [6.45, 7) is 4.62. The molecule has 0 radical (unpaired) electrons. The standard InChI is InChI=1S/C18H27FN2O2/c1-2-5-17(22)11-20-18(23)15-7-4-9-21(13-15)12-14-6-3-8-16(19)10-14/h3,6,8,10,15,17,22H,2,4-5,7,9,11-13H2,1H3,(H,20,23). The van der Waals surface area contributed by atoms with E-state index in [9.17, 15) is 14.3 Å². The topological polar surface area (TPSA) is 52.6 Å². The van der Waals surface area contributed by atoms with Crippen LogP contribution in [0.25, 0.3) is 0 Å². The number of benzene rings is 1. The predicted molar refractivity (Wildman–Crippen MR) is 88.3 cm³/mol. The van der Waals surface area contributed by atoms with Crippen LogP contribution in [0.4, 0.5) is 4.39 Å². The van der Waals surface area contributed by atoms with E-state index >= 15 is 0 Å². The molecule has 128 valence electrons. The largest absolute Gasteiger partial charge is 0.391 e. The number of hydrogen-bond donors (Lipinski definition) is 2. The maximum Gasteiger partial charge on any atom is 0.224 e. The van der Waals surface area contributed by atoms with Gasteiger partial charge in [-0.2, -0.15) is 0 Å². The van der Waals surface area contributed by atoms with Gasteiger partial charge < -0.3 is 10.4 Å². The van der Waals surface area contributed by atoms with E-state index in [0.29, 0.717) is 26.1 Å². The molecule has 1 aliphatic heterocycles. The summed E-state index contributed by atoms with van der Waals surface area (Å²) in [5.74, 6) is -0.256. The zero-order valence-corrected chi connectivity index (χ0v) is 13.8. The van der Waals surface area contributed by atoms with Crippen LogP contribution in [-0.4, -0.2) is 41.7 Å². The summed E-state index contributed by atoms with van der Waals surface area (Å²) in [6.07, 6.45) is 2.98. The number of aliphatic hydroxyl groups excluding tert-OH is 1. The molecular weight excluding hydrogens is 295 g/mol. The Balaban J connectivity index is 1.81. The van der Waals surface area contributed by atoms with Crippen molar-refractivity contribution < 1.29 is 14.3 Å². The van der Waals surface area contributed by atoms with Gasteiger partial charge in [-0.05, 0) is 43.5 Å². The molecule has 4 nitrogen and oxygen atoms in total. The van der Waals surface area contributed by atoms with Crippen molar-refractivity contribution in [2.45, 2.75) is 45.3 Å². The SMILES string of the molecule is CCCC(O)CNC(=O)C1CCCN(Cc2cccc(F)c2)C1. The third kappa shape index (κ3) is 5.92. The summed E-state index contributed by atoms with van der Waals surface area (Å²) in [5, 5.41) is 12.6. The van der Waals surface area contributed by atoms with Crippen molar-refractivity contribution in [2.75, 3.05) is 19.6 Å². The number of likely N-dealkylation sites (tertiary alicyclic amines) is 1. The van der Waals surface area contributed by atoms with E-state index in [-0.39, 0.29) is 17.6 Å². The first-order valence-electron chi connectivity index (χ1n) is 8.51. The third-order valence-electron chi connectivity index (χ3n) is 4.31. The monoisotopic (exact) mass is 322 g/mol. The Hall–Kier alpha value is -1.46. The molecule has 1 aliphatic rings. The molecule has 0 aliphatic carbocycles. The van der Waals surface area contributed by atoms with Gasteiger partial charge in [-0.25, -0.2) is 4.39 Å². The lowest BCUT2D eigenvalue weighted by molar-refractivity contribution is -0.127. The molecule has 0 aromatic heterocycles. The molecule has 5 heteroatoms. The average Bonchev–Trinajstić information content (AvgIpc) is 2.53. The molecule has 2 rings (SSSR count). The summed E-state index contributed by atoms with van der Waals surface area (Å²) < 4.78 is 13.3. The van der Waals surface area contributed by atoms with Crippen LogP contribution in [-0.2, 0) is 11.3 Å². The Bertz CT molecular complexity index is 510. The summed E-state index contributed by atoms with van der Waals surface area (Å²) in [4.78, 5) is 14.4. The fraction of sp³-hybridized carbons (Fsp3) is 0.611. The molecule has 2 N–H and O–H groups in total. The third-order valence-corrected chi connectivity index (χ3v) is 4.31. The second kappa shape index (κ2) is 8.99. The van der Waals surface area contributed by atoms with Crippen molar-refractivity contribution >= 4 is 5.91 Å². The van der Waals surface area contributed by atoms with Gasteiger partial charge in [0.25, 0.3) is 0 Å². The number of amides is 1. The van der Waals surface area contributed by atoms with Crippen LogP contribution < -0.4 is 5.32 Å². The molecule has 0 saturated carbocycles. The van der Waals surface area contributed by atoms with Crippen molar-refractivity contribution in [3.05, 3.63) is 35.6 Å². The second-order valence-electron chi connectivity index (χ2n) is 6.39. The van der Waals surface area contributed by atoms with Crippen LogP contribution in [0.1, 0.15) is 38.2 Å². The minimum atomic E-state index is -0.462. The maximum absolute atomic E-state index is 13.3. The Morgan fingerprint density at radius 1 is 1.52 bits per heavy atom. The van der Waals surface area contributed by atoms with Crippen molar-refractivity contribution in [1.82, 2.24) is 10.2 Å². The van der Waals surface area contributed by atoms with Gasteiger partial charge in [-0.1, -0.05) is 25.5 Å². The number of nitrogens with zero attached hydrogens (tertiary/aromatic N) is 1. The first-order valence-corrected chi connectivity index (χ1v) is 8.51. The quantitative estimate of drug-likeness (QED) is 0.810. The fourth-order valence-corrected chi connectivity index (χ4v) is 3.10. The number of carbonyl (C=O) groups is 1. The van der Waals surface area contributed by atoms with Gasteiger partial charge in [0.2, 0.25) is 5.91 Å². The number of aliphatic hydroxyl groups is 1. The van der Waals surface area contributed by atoms with Gasteiger partial charge in [-0.3, -0.25) is 9.69 Å². The normalized spacial score (nSPS) is 20.2. The van der Waals surface area contributed by atoms with Crippen molar-refractivity contribution in [3.63, 3.8) is 0 Å². The minimum absolute atomic E-state index is 0.0177. The molecule has 1 fully saturated rings. The highest BCUT2D eigenvalue weighted by molar-refractivity contribution is 5.79. The van der Waals surface area contributed by atoms with E-state index in [4.69, 9.17) is 0 Å². The highest BCUT2D eigenvalue weighted by Crippen LogP contribution is 2.19. The van der Waals surface area contributed by atoms with Crippen molar-refractivity contribution in [3.8, 4) is 0 Å². The molecule has 1 amide bonds. The number of hydrogen-bond acceptors (Lipinski definition) is 3. The smallest absolute Gasteiger partial charge is 0.224 e. The number of rotatable bonds is 7. The van der Waals surface area contributed by atoms with E-state index in [1.807, 2.05) is 13.0 Å². The lowest BCUT2D eigenvalue weighted by Crippen LogP contribution is -2.44. The molecule has 23 heavy (non-hydrogen) atoms. The van der Waals surface area contributed by atoms with Gasteiger partial charge in [0.05, 0.1) is 12.0 Å². The molecule has 1 aromatic carbocycles. The van der Waals surface area contributed by atoms with Gasteiger partial charge in [0.15, 0.2) is 0 Å². The summed E-state index contributed by atoms with van der Waals surface area (Å²) in [6, 6.07) is 6.62. The zero-order chi connectivity index (χ0) is 16.7. The van der Waals surface area contributed by atoms with Gasteiger partial charge in [-0.15, -0.1) is 0 Å². The minimum Gasteiger partial charge on any atom is -0.391 e. The van der Waals surface area contributed by atoms with Crippen LogP contribution in [0, 0.1) is 11.7 Å². The van der Waals surface area contributed by atoms with E-state index in [2.05, 4.69) is 10.2 Å². The van der Waals surface area contributed by atoms with Gasteiger partial charge in [0, 0.05) is 19.6 Å². The van der Waals surface area contributed by atoms with Gasteiger partial charge in [0.1, 0.15) is 5.82 Å². The van der Waals surface area contributed by atoms with Crippen LogP contribution in [0.3, 0.4) is 0 Å². The summed E-state index contributed by atoms with van der Waals surface area (Å²) >= 11 is 0. The number of nitrogens with one attached hydrogen (secondary N) is 1. The molecule has 1 aromatic rings. The molecule has 0 bridgehead atoms. The first-order chi connectivity index (χ1) is 11.1. The molecule has 2 unspecified atom stereocenters. The number of carbonyl (C=O) groups excluding carboxylic acids is 1. The zero-order valence-electron chi connectivity index (χ0n) is 13.8. The van der Waals surface area contributed by atoms with Crippen molar-refractivity contribution in [1.29, 1.82) is 0 Å². The second-order valence-corrected chi connectivity index (χ2v) is 6.39. The molecule has 2 atom stereocenters. The Labute approximate surface area is 137 Å². The number of piperidine rings is 1. The Morgan fingerprint density at radius 2 is 2.35 bits per heavy atom. The maximum atomic E-state index is 13.3.